The van der Waals surface area contributed by atoms with E-state index in [2.05, 4.69) is 5.32 Å². The molecule has 0 saturated heterocycles. The highest BCUT2D eigenvalue weighted by Crippen LogP contribution is 2.38. The van der Waals surface area contributed by atoms with Crippen molar-refractivity contribution in [1.82, 2.24) is 5.32 Å². The Balaban J connectivity index is 0.00000264. The van der Waals surface area contributed by atoms with Gasteiger partial charge in [-0.2, -0.15) is 0 Å². The van der Waals surface area contributed by atoms with E-state index < -0.39 is 0 Å². The lowest BCUT2D eigenvalue weighted by Crippen LogP contribution is -2.39. The number of aryl methyl sites for hydroxylation is 1. The minimum atomic E-state index is 0. The minimum absolute atomic E-state index is 0. The summed E-state index contributed by atoms with van der Waals surface area (Å²) in [5.41, 5.74) is 7.12. The van der Waals surface area contributed by atoms with Gasteiger partial charge < -0.3 is 15.8 Å². The van der Waals surface area contributed by atoms with Gasteiger partial charge in [-0.25, -0.2) is 0 Å². The summed E-state index contributed by atoms with van der Waals surface area (Å²) in [7, 11) is 0. The van der Waals surface area contributed by atoms with Crippen LogP contribution in [-0.4, -0.2) is 25.6 Å². The third kappa shape index (κ3) is 6.40. The molecule has 0 radical (unpaired) electrons. The molecular formula is C18H29ClN2O2. The number of hydrogen-bond acceptors (Lipinski definition) is 3. The molecular weight excluding hydrogens is 312 g/mol. The number of carbonyl (C=O) groups excluding carboxylic acids is 1. The van der Waals surface area contributed by atoms with E-state index in [0.717, 1.165) is 18.6 Å². The summed E-state index contributed by atoms with van der Waals surface area (Å²) in [6.45, 7) is 3.67. The molecule has 1 aromatic carbocycles. The molecule has 1 aliphatic carbocycles. The fourth-order valence-corrected chi connectivity index (χ4v) is 3.22. The quantitative estimate of drug-likeness (QED) is 0.749. The minimum Gasteiger partial charge on any atom is -0.492 e. The first kappa shape index (κ1) is 19.8. The lowest BCUT2D eigenvalue weighted by atomic mass is 9.72. The number of halogens is 1. The molecule has 0 atom stereocenters. The van der Waals surface area contributed by atoms with Gasteiger partial charge in [-0.3, -0.25) is 4.79 Å². The summed E-state index contributed by atoms with van der Waals surface area (Å²) in [5, 5.41) is 2.95. The highest BCUT2D eigenvalue weighted by atomic mass is 35.5. The molecule has 5 heteroatoms. The molecule has 130 valence electrons. The van der Waals surface area contributed by atoms with Gasteiger partial charge in [-0.1, -0.05) is 31.4 Å². The van der Waals surface area contributed by atoms with Crippen molar-refractivity contribution in [2.45, 2.75) is 45.4 Å². The Morgan fingerprint density at radius 1 is 1.30 bits per heavy atom. The van der Waals surface area contributed by atoms with Crippen molar-refractivity contribution in [2.75, 3.05) is 19.7 Å². The van der Waals surface area contributed by atoms with Gasteiger partial charge >= 0.3 is 0 Å². The number of amides is 1. The summed E-state index contributed by atoms with van der Waals surface area (Å²) >= 11 is 0. The third-order valence-corrected chi connectivity index (χ3v) is 4.57. The van der Waals surface area contributed by atoms with Gasteiger partial charge in [-0.15, -0.1) is 12.4 Å². The first-order chi connectivity index (χ1) is 10.6. The van der Waals surface area contributed by atoms with Crippen LogP contribution < -0.4 is 15.8 Å². The Kier molecular flexibility index (Phi) is 8.42. The van der Waals surface area contributed by atoms with Crippen molar-refractivity contribution in [2.24, 2.45) is 11.1 Å². The fourth-order valence-electron chi connectivity index (χ4n) is 3.22. The van der Waals surface area contributed by atoms with E-state index in [9.17, 15) is 4.79 Å². The number of carbonyl (C=O) groups is 1. The van der Waals surface area contributed by atoms with Gasteiger partial charge in [0.05, 0.1) is 6.54 Å². The summed E-state index contributed by atoms with van der Waals surface area (Å²) in [6.07, 6.45) is 6.37. The van der Waals surface area contributed by atoms with E-state index in [-0.39, 0.29) is 23.7 Å². The molecule has 0 aromatic heterocycles. The predicted molar refractivity (Wildman–Crippen MR) is 96.1 cm³/mol. The molecule has 0 aliphatic heterocycles. The van der Waals surface area contributed by atoms with E-state index in [1.807, 2.05) is 31.2 Å². The molecule has 23 heavy (non-hydrogen) atoms. The van der Waals surface area contributed by atoms with Crippen LogP contribution in [0.15, 0.2) is 24.3 Å². The molecule has 1 fully saturated rings. The summed E-state index contributed by atoms with van der Waals surface area (Å²) < 4.78 is 5.64. The Labute approximate surface area is 145 Å². The van der Waals surface area contributed by atoms with Crippen LogP contribution in [0.5, 0.6) is 5.75 Å². The van der Waals surface area contributed by atoms with Gasteiger partial charge in [0.1, 0.15) is 12.4 Å². The number of nitrogens with one attached hydrogen (secondary N) is 1. The standard InChI is InChI=1S/C18H28N2O2.ClH/c1-15-6-5-7-16(12-15)22-11-10-20-17(21)13-18(14-19)8-3-2-4-9-18;/h5-7,12H,2-4,8-11,13-14,19H2,1H3,(H,20,21);1H. The molecule has 1 aromatic rings. The zero-order chi connectivity index (χ0) is 15.8. The summed E-state index contributed by atoms with van der Waals surface area (Å²) in [5.74, 6) is 0.945. The van der Waals surface area contributed by atoms with Crippen LogP contribution in [0.25, 0.3) is 0 Å². The van der Waals surface area contributed by atoms with Crippen LogP contribution in [0.4, 0.5) is 0 Å². The number of nitrogens with two attached hydrogens (primary N) is 1. The third-order valence-electron chi connectivity index (χ3n) is 4.57. The number of rotatable bonds is 7. The van der Waals surface area contributed by atoms with E-state index in [4.69, 9.17) is 10.5 Å². The lowest BCUT2D eigenvalue weighted by Gasteiger charge is -2.35. The van der Waals surface area contributed by atoms with E-state index in [1.165, 1.54) is 24.8 Å². The predicted octanol–water partition coefficient (Wildman–Crippen LogP) is 3.21. The second-order valence-electron chi connectivity index (χ2n) is 6.46. The highest BCUT2D eigenvalue weighted by Gasteiger charge is 2.32. The average Bonchev–Trinajstić information content (AvgIpc) is 2.52. The van der Waals surface area contributed by atoms with Gasteiger partial charge in [-0.05, 0) is 49.4 Å². The zero-order valence-electron chi connectivity index (χ0n) is 14.0. The second-order valence-corrected chi connectivity index (χ2v) is 6.46. The van der Waals surface area contributed by atoms with Crippen molar-refractivity contribution < 1.29 is 9.53 Å². The Morgan fingerprint density at radius 3 is 2.70 bits per heavy atom. The Hall–Kier alpha value is -1.26. The zero-order valence-corrected chi connectivity index (χ0v) is 14.8. The largest absolute Gasteiger partial charge is 0.492 e. The van der Waals surface area contributed by atoms with Crippen LogP contribution in [0.2, 0.25) is 0 Å². The second kappa shape index (κ2) is 9.78. The topological polar surface area (TPSA) is 64.3 Å². The van der Waals surface area contributed by atoms with Crippen molar-refractivity contribution in [3.05, 3.63) is 29.8 Å². The molecule has 0 heterocycles. The lowest BCUT2D eigenvalue weighted by molar-refractivity contribution is -0.124. The van der Waals surface area contributed by atoms with Crippen LogP contribution in [0, 0.1) is 12.3 Å². The molecule has 1 amide bonds. The maximum atomic E-state index is 12.1. The first-order valence-corrected chi connectivity index (χ1v) is 8.30. The first-order valence-electron chi connectivity index (χ1n) is 8.30. The van der Waals surface area contributed by atoms with E-state index >= 15 is 0 Å². The number of ether oxygens (including phenoxy) is 1. The molecule has 0 spiro atoms. The van der Waals surface area contributed by atoms with Crippen LogP contribution in [-0.2, 0) is 4.79 Å². The van der Waals surface area contributed by atoms with Crippen molar-refractivity contribution in [1.29, 1.82) is 0 Å². The van der Waals surface area contributed by atoms with E-state index in [0.29, 0.717) is 26.1 Å². The average molecular weight is 341 g/mol. The molecule has 3 N–H and O–H groups in total. The summed E-state index contributed by atoms with van der Waals surface area (Å²) in [4.78, 5) is 12.1. The highest BCUT2D eigenvalue weighted by molar-refractivity contribution is 5.85. The molecule has 0 bridgehead atoms. The monoisotopic (exact) mass is 340 g/mol. The van der Waals surface area contributed by atoms with Crippen LogP contribution in [0.3, 0.4) is 0 Å². The van der Waals surface area contributed by atoms with Gasteiger partial charge in [0, 0.05) is 6.42 Å². The van der Waals surface area contributed by atoms with Crippen molar-refractivity contribution >= 4 is 18.3 Å². The van der Waals surface area contributed by atoms with Gasteiger partial charge in [0.15, 0.2) is 0 Å². The van der Waals surface area contributed by atoms with Gasteiger partial charge in [0.25, 0.3) is 0 Å². The number of benzene rings is 1. The van der Waals surface area contributed by atoms with Crippen molar-refractivity contribution in [3.8, 4) is 5.75 Å². The smallest absolute Gasteiger partial charge is 0.220 e. The fraction of sp³-hybridized carbons (Fsp3) is 0.611. The molecule has 2 rings (SSSR count). The van der Waals surface area contributed by atoms with Gasteiger partial charge in [0.2, 0.25) is 5.91 Å². The summed E-state index contributed by atoms with van der Waals surface area (Å²) in [6, 6.07) is 7.93. The van der Waals surface area contributed by atoms with Crippen molar-refractivity contribution in [3.63, 3.8) is 0 Å². The van der Waals surface area contributed by atoms with Crippen LogP contribution >= 0.6 is 12.4 Å². The normalized spacial score (nSPS) is 16.3. The Morgan fingerprint density at radius 2 is 2.04 bits per heavy atom. The molecule has 0 unspecified atom stereocenters. The van der Waals surface area contributed by atoms with Crippen LogP contribution in [0.1, 0.15) is 44.1 Å². The SMILES string of the molecule is Cc1cccc(OCCNC(=O)CC2(CN)CCCCC2)c1.Cl. The maximum absolute atomic E-state index is 12.1. The maximum Gasteiger partial charge on any atom is 0.220 e. The molecule has 1 aliphatic rings. The Bertz CT molecular complexity index is 488. The number of hydrogen-bond donors (Lipinski definition) is 2. The molecule has 1 saturated carbocycles. The molecule has 4 nitrogen and oxygen atoms in total. The van der Waals surface area contributed by atoms with E-state index in [1.54, 1.807) is 0 Å².